The van der Waals surface area contributed by atoms with Crippen molar-refractivity contribution in [2.75, 3.05) is 31.7 Å². The quantitative estimate of drug-likeness (QED) is 0.257. The van der Waals surface area contributed by atoms with E-state index in [1.165, 1.54) is 35.8 Å². The molecule has 7 rings (SSSR count). The second-order valence-electron chi connectivity index (χ2n) is 16.3. The van der Waals surface area contributed by atoms with Crippen molar-refractivity contribution in [1.82, 2.24) is 30.7 Å². The number of rotatable bonds is 6. The molecule has 5 aliphatic heterocycles. The number of urea groups is 1. The average molecular weight is 854 g/mol. The van der Waals surface area contributed by atoms with Gasteiger partial charge in [-0.15, -0.1) is 0 Å². The number of fused-ring (bicyclic) bond motifs is 4. The Bertz CT molecular complexity index is 2070. The summed E-state index contributed by atoms with van der Waals surface area (Å²) >= 11 is 0. The first-order chi connectivity index (χ1) is 29.1. The van der Waals surface area contributed by atoms with Crippen LogP contribution in [0.5, 0.6) is 11.5 Å². The monoisotopic (exact) mass is 853 g/mol. The summed E-state index contributed by atoms with van der Waals surface area (Å²) in [5.74, 6) is -5.91. The molecule has 0 radical (unpaired) electrons. The molecule has 5 aliphatic rings. The lowest BCUT2D eigenvalue weighted by atomic mass is 9.98. The van der Waals surface area contributed by atoms with Crippen LogP contribution in [-0.4, -0.2) is 136 Å². The minimum Gasteiger partial charge on any atom is -0.458 e. The molecule has 9 atom stereocenters. The molecule has 7 amide bonds. The van der Waals surface area contributed by atoms with E-state index >= 15 is 0 Å². The Morgan fingerprint density at radius 3 is 2.33 bits per heavy atom. The zero-order valence-electron chi connectivity index (χ0n) is 33.9. The van der Waals surface area contributed by atoms with Gasteiger partial charge in [-0.25, -0.2) is 18.4 Å². The van der Waals surface area contributed by atoms with Gasteiger partial charge in [-0.1, -0.05) is 6.92 Å². The molecule has 61 heavy (non-hydrogen) atoms. The van der Waals surface area contributed by atoms with E-state index in [1.807, 2.05) is 6.92 Å². The van der Waals surface area contributed by atoms with Gasteiger partial charge in [0.25, 0.3) is 0 Å². The van der Waals surface area contributed by atoms with Crippen LogP contribution in [0.4, 0.5) is 19.3 Å². The summed E-state index contributed by atoms with van der Waals surface area (Å²) in [6.45, 7) is 4.60. The highest BCUT2D eigenvalue weighted by atomic mass is 19.1. The summed E-state index contributed by atoms with van der Waals surface area (Å²) in [6, 6.07) is -1.68. The topological polar surface area (TPSA) is 225 Å². The highest BCUT2D eigenvalue weighted by molar-refractivity contribution is 5.99. The van der Waals surface area contributed by atoms with Gasteiger partial charge < -0.3 is 55.3 Å². The van der Waals surface area contributed by atoms with E-state index in [1.54, 1.807) is 6.07 Å². The van der Waals surface area contributed by atoms with Crippen LogP contribution in [-0.2, 0) is 39.9 Å². The first kappa shape index (κ1) is 43.1. The average Bonchev–Trinajstić information content (AvgIpc) is 3.96. The normalized spacial score (nSPS) is 28.6. The van der Waals surface area contributed by atoms with Gasteiger partial charge in [0.1, 0.15) is 54.0 Å². The molecule has 328 valence electrons. The lowest BCUT2D eigenvalue weighted by molar-refractivity contribution is -0.163. The van der Waals surface area contributed by atoms with E-state index < -0.39 is 108 Å². The van der Waals surface area contributed by atoms with Gasteiger partial charge in [0.2, 0.25) is 36.3 Å². The molecular formula is C41H49F2N7O11. The van der Waals surface area contributed by atoms with Gasteiger partial charge in [0, 0.05) is 50.3 Å². The number of carbonyl (C=O) groups excluding carboxylic acids is 7. The lowest BCUT2D eigenvalue weighted by Gasteiger charge is -2.39. The number of piperidine rings is 1. The van der Waals surface area contributed by atoms with Crippen molar-refractivity contribution in [3.8, 4) is 11.5 Å². The highest BCUT2D eigenvalue weighted by Crippen LogP contribution is 2.34. The molecule has 2 aromatic carbocycles. The summed E-state index contributed by atoms with van der Waals surface area (Å²) < 4.78 is 45.3. The fourth-order valence-electron chi connectivity index (χ4n) is 8.70. The minimum atomic E-state index is -1.77. The number of nitrogens with zero attached hydrogens (tertiary/aromatic N) is 3. The summed E-state index contributed by atoms with van der Waals surface area (Å²) in [5.41, 5.74) is 0.207. The Morgan fingerprint density at radius 1 is 0.852 bits per heavy atom. The molecule has 0 bridgehead atoms. The zero-order chi connectivity index (χ0) is 43.7. The van der Waals surface area contributed by atoms with Crippen molar-refractivity contribution in [3.63, 3.8) is 0 Å². The van der Waals surface area contributed by atoms with E-state index in [0.717, 1.165) is 17.0 Å². The first-order valence-electron chi connectivity index (χ1n) is 20.4. The predicted molar refractivity (Wildman–Crippen MR) is 208 cm³/mol. The van der Waals surface area contributed by atoms with Crippen molar-refractivity contribution in [3.05, 3.63) is 53.6 Å². The van der Waals surface area contributed by atoms with Gasteiger partial charge in [-0.05, 0) is 75.3 Å². The van der Waals surface area contributed by atoms with Gasteiger partial charge in [0.15, 0.2) is 11.5 Å². The molecule has 0 spiro atoms. The molecule has 4 saturated heterocycles. The Hall–Kier alpha value is -6.05. The molecule has 2 aromatic rings. The fraction of sp³-hybridized carbons (Fsp3) is 0.537. The van der Waals surface area contributed by atoms with Gasteiger partial charge in [-0.2, -0.15) is 0 Å². The standard InChI is InChI=1S/C41H49F2N7O11/c1-20-10-31-40(57)61-22(3)34(39(56)50-18-27(51)16-30(50)38(55)48-9-5-4-6-29(48)36(53)44-21(2)37(54)49(31)17-20)47-35(52)28(13-23-11-24(42)14-25(43)12-23)46-41(58)45-26-7-8-32-33(15-26)60-19-59-32/h7-8,11-12,14-15,20-22,27-31,34,51H,4-6,9-10,13,16-19H2,1-3H3,(H,44,53)(H,47,52)(H2,45,46,58)/t20-,21+,22+,27-,28+,29+,30+,31+,34+/m1/s1. The molecule has 18 nitrogen and oxygen atoms in total. The number of aliphatic hydroxyl groups excluding tert-OH is 1. The van der Waals surface area contributed by atoms with Crippen LogP contribution in [0, 0.1) is 17.6 Å². The highest BCUT2D eigenvalue weighted by Gasteiger charge is 2.49. The third-order valence-corrected chi connectivity index (χ3v) is 11.7. The molecule has 0 aromatic heterocycles. The second-order valence-corrected chi connectivity index (χ2v) is 16.3. The number of halogens is 2. The minimum absolute atomic E-state index is 0.0262. The Labute approximate surface area is 349 Å². The third kappa shape index (κ3) is 9.48. The summed E-state index contributed by atoms with van der Waals surface area (Å²) in [6.07, 6.45) is -1.72. The summed E-state index contributed by atoms with van der Waals surface area (Å²) in [7, 11) is 0. The smallest absolute Gasteiger partial charge is 0.329 e. The number of aliphatic hydroxyl groups is 1. The maximum Gasteiger partial charge on any atom is 0.329 e. The van der Waals surface area contributed by atoms with E-state index in [0.29, 0.717) is 30.4 Å². The predicted octanol–water partition coefficient (Wildman–Crippen LogP) is 0.941. The van der Waals surface area contributed by atoms with Crippen LogP contribution < -0.4 is 30.7 Å². The Morgan fingerprint density at radius 2 is 1.57 bits per heavy atom. The number of hydrogen-bond donors (Lipinski definition) is 5. The van der Waals surface area contributed by atoms with Crippen LogP contribution in [0.1, 0.15) is 58.4 Å². The molecule has 0 unspecified atom stereocenters. The van der Waals surface area contributed by atoms with Crippen molar-refractivity contribution < 1.29 is 61.7 Å². The molecule has 4 fully saturated rings. The number of amides is 7. The number of benzene rings is 2. The molecular weight excluding hydrogens is 804 g/mol. The van der Waals surface area contributed by atoms with Crippen LogP contribution in [0.3, 0.4) is 0 Å². The van der Waals surface area contributed by atoms with Gasteiger partial charge in [-0.3, -0.25) is 24.0 Å². The van der Waals surface area contributed by atoms with Crippen LogP contribution in [0.2, 0.25) is 0 Å². The number of hydrogen-bond acceptors (Lipinski definition) is 11. The molecule has 20 heteroatoms. The zero-order valence-corrected chi connectivity index (χ0v) is 33.9. The second kappa shape index (κ2) is 17.9. The fourth-order valence-corrected chi connectivity index (χ4v) is 8.70. The lowest BCUT2D eigenvalue weighted by Crippen LogP contribution is -2.63. The van der Waals surface area contributed by atoms with E-state index in [4.69, 9.17) is 14.2 Å². The number of anilines is 1. The Kier molecular flexibility index (Phi) is 12.6. The largest absolute Gasteiger partial charge is 0.458 e. The van der Waals surface area contributed by atoms with Gasteiger partial charge in [0.05, 0.1) is 6.10 Å². The maximum absolute atomic E-state index is 14.8. The van der Waals surface area contributed by atoms with Crippen LogP contribution >= 0.6 is 0 Å². The number of nitrogens with one attached hydrogen (secondary N) is 4. The third-order valence-electron chi connectivity index (χ3n) is 11.7. The summed E-state index contributed by atoms with van der Waals surface area (Å²) in [5, 5.41) is 21.2. The SMILES string of the molecule is C[C@@H]1C[C@H]2C(=O)O[C@@H](C)[C@H](NC(=O)[C@H](Cc3cc(F)cc(F)c3)NC(=O)Nc3ccc4c(c3)OCO4)C(=O)N3C[C@H](O)C[C@H]3C(=O)N3CCCC[C@H]3C(=O)N[C@@H](C)C(=O)N2C1. The van der Waals surface area contributed by atoms with E-state index in [-0.39, 0.29) is 62.9 Å². The number of esters is 1. The van der Waals surface area contributed by atoms with Gasteiger partial charge >= 0.3 is 12.0 Å². The van der Waals surface area contributed by atoms with Crippen molar-refractivity contribution in [2.24, 2.45) is 5.92 Å². The number of cyclic esters (lactones) is 1. The van der Waals surface area contributed by atoms with Crippen molar-refractivity contribution in [1.29, 1.82) is 0 Å². The van der Waals surface area contributed by atoms with Crippen LogP contribution in [0.25, 0.3) is 0 Å². The molecule has 0 aliphatic carbocycles. The number of ether oxygens (including phenoxy) is 3. The molecule has 5 heterocycles. The molecule has 5 N–H and O–H groups in total. The molecule has 0 saturated carbocycles. The summed E-state index contributed by atoms with van der Waals surface area (Å²) in [4.78, 5) is 102. The van der Waals surface area contributed by atoms with Crippen molar-refractivity contribution >= 4 is 47.2 Å². The van der Waals surface area contributed by atoms with E-state index in [9.17, 15) is 47.4 Å². The van der Waals surface area contributed by atoms with Crippen molar-refractivity contribution in [2.45, 2.75) is 108 Å². The first-order valence-corrected chi connectivity index (χ1v) is 20.4. The Balaban J connectivity index is 1.22. The maximum atomic E-state index is 14.8. The van der Waals surface area contributed by atoms with Crippen LogP contribution in [0.15, 0.2) is 36.4 Å². The van der Waals surface area contributed by atoms with E-state index in [2.05, 4.69) is 21.3 Å². The number of carbonyl (C=O) groups is 7.